The molecule has 0 aliphatic carbocycles. The number of hydrogen-bond donors (Lipinski definition) is 2. The number of hydrogen-bond acceptors (Lipinski definition) is 4. The van der Waals surface area contributed by atoms with Crippen LogP contribution in [0.5, 0.6) is 0 Å². The maximum absolute atomic E-state index is 6.30. The summed E-state index contributed by atoms with van der Waals surface area (Å²) in [5.41, 5.74) is 2.94. The molecule has 0 aromatic rings. The minimum atomic E-state index is -0.163. The maximum Gasteiger partial charge on any atom is 0.0678 e. The van der Waals surface area contributed by atoms with E-state index in [9.17, 15) is 0 Å². The number of ether oxygens (including phenoxy) is 1. The first-order valence-corrected chi connectivity index (χ1v) is 8.49. The van der Waals surface area contributed by atoms with E-state index in [4.69, 9.17) is 10.6 Å². The fourth-order valence-electron chi connectivity index (χ4n) is 4.44. The van der Waals surface area contributed by atoms with Crippen LogP contribution < -0.4 is 11.3 Å². The first-order valence-electron chi connectivity index (χ1n) is 8.49. The SMILES string of the molecule is CCN(CC)C(C)(CC)C(NN)C1CC(C)(C)OC1(C)C. The average molecular weight is 300 g/mol. The molecule has 0 radical (unpaired) electrons. The highest BCUT2D eigenvalue weighted by Gasteiger charge is 2.53. The molecule has 0 aromatic heterocycles. The summed E-state index contributed by atoms with van der Waals surface area (Å²) in [6, 6.07) is 0.208. The lowest BCUT2D eigenvalue weighted by Gasteiger charge is -2.49. The molecule has 1 heterocycles. The fourth-order valence-corrected chi connectivity index (χ4v) is 4.44. The zero-order valence-electron chi connectivity index (χ0n) is 15.4. The molecular formula is C17H37N3O. The molecule has 0 bridgehead atoms. The lowest BCUT2D eigenvalue weighted by Crippen LogP contribution is -2.65. The van der Waals surface area contributed by atoms with Crippen molar-refractivity contribution in [3.8, 4) is 0 Å². The quantitative estimate of drug-likeness (QED) is 0.560. The normalized spacial score (nSPS) is 28.6. The molecule has 1 aliphatic rings. The Morgan fingerprint density at radius 1 is 1.24 bits per heavy atom. The zero-order valence-corrected chi connectivity index (χ0v) is 15.4. The van der Waals surface area contributed by atoms with Crippen LogP contribution in [-0.2, 0) is 4.74 Å². The number of rotatable bonds is 7. The number of nitrogens with zero attached hydrogens (tertiary/aromatic N) is 1. The van der Waals surface area contributed by atoms with E-state index in [1.165, 1.54) is 0 Å². The second-order valence-electron chi connectivity index (χ2n) is 7.80. The van der Waals surface area contributed by atoms with Gasteiger partial charge in [-0.3, -0.25) is 16.2 Å². The van der Waals surface area contributed by atoms with Gasteiger partial charge in [0.2, 0.25) is 0 Å². The van der Waals surface area contributed by atoms with Crippen LogP contribution >= 0.6 is 0 Å². The molecule has 0 saturated carbocycles. The first-order chi connectivity index (χ1) is 9.57. The summed E-state index contributed by atoms with van der Waals surface area (Å²) < 4.78 is 6.30. The van der Waals surface area contributed by atoms with Crippen LogP contribution in [0.2, 0.25) is 0 Å². The predicted octanol–water partition coefficient (Wildman–Crippen LogP) is 2.92. The molecule has 0 aromatic carbocycles. The van der Waals surface area contributed by atoms with Gasteiger partial charge >= 0.3 is 0 Å². The molecule has 3 atom stereocenters. The Bertz CT molecular complexity index is 339. The van der Waals surface area contributed by atoms with Gasteiger partial charge in [0.25, 0.3) is 0 Å². The average Bonchev–Trinajstić information content (AvgIpc) is 2.59. The highest BCUT2D eigenvalue weighted by Crippen LogP contribution is 2.46. The smallest absolute Gasteiger partial charge is 0.0678 e. The Kier molecular flexibility index (Phi) is 5.87. The van der Waals surface area contributed by atoms with Crippen LogP contribution in [-0.4, -0.2) is 40.8 Å². The van der Waals surface area contributed by atoms with E-state index in [-0.39, 0.29) is 22.8 Å². The van der Waals surface area contributed by atoms with Crippen molar-refractivity contribution in [1.29, 1.82) is 0 Å². The van der Waals surface area contributed by atoms with Gasteiger partial charge in [-0.25, -0.2) is 0 Å². The standard InChI is InChI=1S/C17H37N3O/c1-9-17(8,20(10-2)11-3)14(19-18)13-12-15(4,5)21-16(13,6)7/h13-14,19H,9-12,18H2,1-8H3. The van der Waals surface area contributed by atoms with E-state index in [1.54, 1.807) is 0 Å². The van der Waals surface area contributed by atoms with E-state index >= 15 is 0 Å². The van der Waals surface area contributed by atoms with E-state index in [2.05, 4.69) is 65.7 Å². The minimum Gasteiger partial charge on any atom is -0.369 e. The molecule has 126 valence electrons. The second kappa shape index (κ2) is 6.53. The van der Waals surface area contributed by atoms with Crippen molar-refractivity contribution in [2.45, 2.75) is 91.0 Å². The van der Waals surface area contributed by atoms with Gasteiger partial charge in [-0.1, -0.05) is 20.8 Å². The van der Waals surface area contributed by atoms with Gasteiger partial charge in [0.15, 0.2) is 0 Å². The summed E-state index contributed by atoms with van der Waals surface area (Å²) in [5.74, 6) is 6.43. The molecule has 1 fully saturated rings. The van der Waals surface area contributed by atoms with Crippen molar-refractivity contribution < 1.29 is 4.74 Å². The number of likely N-dealkylation sites (N-methyl/N-ethyl adjacent to an activating group) is 1. The predicted molar refractivity (Wildman–Crippen MR) is 90.1 cm³/mol. The lowest BCUT2D eigenvalue weighted by molar-refractivity contribution is -0.0857. The minimum absolute atomic E-state index is 0.0317. The highest BCUT2D eigenvalue weighted by atomic mass is 16.5. The molecule has 3 unspecified atom stereocenters. The van der Waals surface area contributed by atoms with Gasteiger partial charge in [-0.15, -0.1) is 0 Å². The van der Waals surface area contributed by atoms with Crippen LogP contribution in [0.15, 0.2) is 0 Å². The van der Waals surface area contributed by atoms with Gasteiger partial charge < -0.3 is 4.74 Å². The fraction of sp³-hybridized carbons (Fsp3) is 1.00. The van der Waals surface area contributed by atoms with Crippen molar-refractivity contribution in [3.05, 3.63) is 0 Å². The summed E-state index contributed by atoms with van der Waals surface area (Å²) in [5, 5.41) is 0. The van der Waals surface area contributed by atoms with Gasteiger partial charge in [0.1, 0.15) is 0 Å². The van der Waals surface area contributed by atoms with Crippen LogP contribution in [0, 0.1) is 5.92 Å². The van der Waals surface area contributed by atoms with E-state index < -0.39 is 0 Å². The summed E-state index contributed by atoms with van der Waals surface area (Å²) in [6.07, 6.45) is 2.10. The molecule has 3 N–H and O–H groups in total. The van der Waals surface area contributed by atoms with Crippen molar-refractivity contribution >= 4 is 0 Å². The van der Waals surface area contributed by atoms with Crippen molar-refractivity contribution in [1.82, 2.24) is 10.3 Å². The third-order valence-electron chi connectivity index (χ3n) is 5.60. The highest BCUT2D eigenvalue weighted by molar-refractivity contribution is 5.07. The second-order valence-corrected chi connectivity index (χ2v) is 7.80. The molecule has 21 heavy (non-hydrogen) atoms. The van der Waals surface area contributed by atoms with Gasteiger partial charge in [0, 0.05) is 17.5 Å². The first kappa shape index (κ1) is 18.9. The molecule has 1 aliphatic heterocycles. The Hall–Kier alpha value is -0.160. The number of nitrogens with two attached hydrogens (primary N) is 1. The largest absolute Gasteiger partial charge is 0.369 e. The molecule has 1 rings (SSSR count). The monoisotopic (exact) mass is 299 g/mol. The van der Waals surface area contributed by atoms with Gasteiger partial charge in [-0.2, -0.15) is 0 Å². The number of hydrazine groups is 1. The topological polar surface area (TPSA) is 50.5 Å². The molecule has 4 nitrogen and oxygen atoms in total. The lowest BCUT2D eigenvalue weighted by atomic mass is 9.72. The summed E-state index contributed by atoms with van der Waals surface area (Å²) >= 11 is 0. The Balaban J connectivity index is 3.16. The van der Waals surface area contributed by atoms with Crippen LogP contribution in [0.4, 0.5) is 0 Å². The summed E-state index contributed by atoms with van der Waals surface area (Å²) in [4.78, 5) is 2.53. The maximum atomic E-state index is 6.30. The molecule has 4 heteroatoms. The third-order valence-corrected chi connectivity index (χ3v) is 5.60. The third kappa shape index (κ3) is 3.61. The Labute approximate surface area is 131 Å². The van der Waals surface area contributed by atoms with E-state index in [1.807, 2.05) is 0 Å². The van der Waals surface area contributed by atoms with Gasteiger partial charge in [-0.05, 0) is 60.5 Å². The summed E-state index contributed by atoms with van der Waals surface area (Å²) in [6.45, 7) is 19.9. The molecule has 0 spiro atoms. The van der Waals surface area contributed by atoms with Gasteiger partial charge in [0.05, 0.1) is 11.2 Å². The van der Waals surface area contributed by atoms with Crippen LogP contribution in [0.3, 0.4) is 0 Å². The van der Waals surface area contributed by atoms with Crippen LogP contribution in [0.25, 0.3) is 0 Å². The molecule has 0 amide bonds. The molecule has 1 saturated heterocycles. The Morgan fingerprint density at radius 2 is 1.76 bits per heavy atom. The zero-order chi connectivity index (χ0) is 16.5. The van der Waals surface area contributed by atoms with Crippen LogP contribution in [0.1, 0.15) is 68.2 Å². The van der Waals surface area contributed by atoms with E-state index in [0.29, 0.717) is 5.92 Å². The van der Waals surface area contributed by atoms with E-state index in [0.717, 1.165) is 25.9 Å². The van der Waals surface area contributed by atoms with Crippen molar-refractivity contribution in [2.24, 2.45) is 11.8 Å². The summed E-state index contributed by atoms with van der Waals surface area (Å²) in [7, 11) is 0. The Morgan fingerprint density at radius 3 is 2.05 bits per heavy atom. The molecular weight excluding hydrogens is 262 g/mol. The van der Waals surface area contributed by atoms with Crippen molar-refractivity contribution in [2.75, 3.05) is 13.1 Å². The number of nitrogens with one attached hydrogen (secondary N) is 1. The van der Waals surface area contributed by atoms with Crippen molar-refractivity contribution in [3.63, 3.8) is 0 Å².